The van der Waals surface area contributed by atoms with Gasteiger partial charge in [-0.25, -0.2) is 9.67 Å². The van der Waals surface area contributed by atoms with Gasteiger partial charge in [0, 0.05) is 69.2 Å². The number of aryl methyl sites for hydroxylation is 2. The number of likely N-dealkylation sites (tertiary alicyclic amines) is 1. The second kappa shape index (κ2) is 11.5. The summed E-state index contributed by atoms with van der Waals surface area (Å²) >= 11 is 0. The van der Waals surface area contributed by atoms with E-state index < -0.39 is 0 Å². The number of carbonyl (C=O) groups excluding carboxylic acids is 2. The number of fused-ring (bicyclic) bond motifs is 1. The molecule has 0 spiro atoms. The van der Waals surface area contributed by atoms with E-state index >= 15 is 0 Å². The van der Waals surface area contributed by atoms with Crippen LogP contribution in [0.4, 0.5) is 0 Å². The molecule has 11 heteroatoms. The van der Waals surface area contributed by atoms with Gasteiger partial charge in [0.1, 0.15) is 5.69 Å². The number of hydrogen-bond acceptors (Lipinski definition) is 7. The minimum Gasteiger partial charge on any atom is -0.348 e. The standard InChI is InChI=1S/C29H40N8O3/c1-18(2)37-26-24(17-31-37)22(27(38)30-16-23-19(3)14-20(4)32-28(23)39)15-25(33-26)29(40)36-8-6-21(7-9-36)35-12-10-34(5)11-13-35/h14-15,17-18,21H,6-13,16H2,1-5H3,(H,30,38)(H,32,39). The molecule has 0 aromatic carbocycles. The SMILES string of the molecule is Cc1cc(C)c(CNC(=O)c2cc(C(=O)N3CCC(N4CCN(C)CC4)CC3)nc3c2cnn3C(C)C)c(=O)[nH]1. The first-order valence-corrected chi connectivity index (χ1v) is 14.2. The van der Waals surface area contributed by atoms with E-state index in [9.17, 15) is 14.4 Å². The zero-order chi connectivity index (χ0) is 28.6. The van der Waals surface area contributed by atoms with Gasteiger partial charge in [-0.3, -0.25) is 19.3 Å². The lowest BCUT2D eigenvalue weighted by atomic mass is 10.0. The van der Waals surface area contributed by atoms with Crippen molar-refractivity contribution >= 4 is 22.8 Å². The van der Waals surface area contributed by atoms with Gasteiger partial charge in [0.2, 0.25) is 0 Å². The number of amides is 2. The summed E-state index contributed by atoms with van der Waals surface area (Å²) in [5.41, 5.74) is 2.93. The largest absolute Gasteiger partial charge is 0.348 e. The third-order valence-electron chi connectivity index (χ3n) is 8.25. The summed E-state index contributed by atoms with van der Waals surface area (Å²) < 4.78 is 1.73. The first kappa shape index (κ1) is 28.0. The summed E-state index contributed by atoms with van der Waals surface area (Å²) in [4.78, 5) is 53.9. The van der Waals surface area contributed by atoms with Crippen LogP contribution >= 0.6 is 0 Å². The van der Waals surface area contributed by atoms with E-state index in [1.165, 1.54) is 0 Å². The molecule has 5 rings (SSSR count). The summed E-state index contributed by atoms with van der Waals surface area (Å²) in [7, 11) is 2.16. The van der Waals surface area contributed by atoms with E-state index in [1.807, 2.05) is 38.7 Å². The predicted octanol–water partition coefficient (Wildman–Crippen LogP) is 2.10. The fourth-order valence-electron chi connectivity index (χ4n) is 5.84. The molecule has 0 unspecified atom stereocenters. The Balaban J connectivity index is 1.37. The molecule has 0 atom stereocenters. The van der Waals surface area contributed by atoms with E-state index in [0.717, 1.165) is 50.3 Å². The van der Waals surface area contributed by atoms with E-state index in [2.05, 4.69) is 32.2 Å². The van der Waals surface area contributed by atoms with Crippen molar-refractivity contribution in [3.05, 3.63) is 56.8 Å². The van der Waals surface area contributed by atoms with E-state index in [1.54, 1.807) is 16.9 Å². The van der Waals surface area contributed by atoms with Gasteiger partial charge in [-0.15, -0.1) is 0 Å². The van der Waals surface area contributed by atoms with Gasteiger partial charge in [-0.05, 0) is 65.3 Å². The Bertz CT molecular complexity index is 1460. The van der Waals surface area contributed by atoms with Crippen LogP contribution in [-0.4, -0.2) is 98.6 Å². The molecule has 0 radical (unpaired) electrons. The maximum atomic E-state index is 13.7. The molecule has 0 aliphatic carbocycles. The zero-order valence-electron chi connectivity index (χ0n) is 24.2. The maximum absolute atomic E-state index is 13.7. The fraction of sp³-hybridized carbons (Fsp3) is 0.552. The number of H-pyrrole nitrogens is 1. The van der Waals surface area contributed by atoms with Crippen molar-refractivity contribution < 1.29 is 9.59 Å². The molecular formula is C29H40N8O3. The number of aromatic amines is 1. The van der Waals surface area contributed by atoms with Gasteiger partial charge in [-0.1, -0.05) is 0 Å². The molecule has 2 aliphatic heterocycles. The highest BCUT2D eigenvalue weighted by molar-refractivity contribution is 6.08. The van der Waals surface area contributed by atoms with Gasteiger partial charge in [0.15, 0.2) is 5.65 Å². The molecule has 3 aromatic heterocycles. The second-order valence-corrected chi connectivity index (χ2v) is 11.5. The number of piperidine rings is 1. The van der Waals surface area contributed by atoms with Crippen LogP contribution in [0.25, 0.3) is 11.0 Å². The highest BCUT2D eigenvalue weighted by Crippen LogP contribution is 2.24. The molecule has 3 aromatic rings. The minimum absolute atomic E-state index is 0.000590. The number of aromatic nitrogens is 4. The van der Waals surface area contributed by atoms with Crippen LogP contribution in [0, 0.1) is 13.8 Å². The summed E-state index contributed by atoms with van der Waals surface area (Å²) in [5, 5.41) is 7.91. The van der Waals surface area contributed by atoms with Crippen molar-refractivity contribution in [3.63, 3.8) is 0 Å². The van der Waals surface area contributed by atoms with E-state index in [4.69, 9.17) is 4.98 Å². The molecule has 2 aliphatic rings. The molecule has 2 amide bonds. The zero-order valence-corrected chi connectivity index (χ0v) is 24.2. The normalized spacial score (nSPS) is 17.6. The molecule has 5 heterocycles. The van der Waals surface area contributed by atoms with E-state index in [-0.39, 0.29) is 35.7 Å². The van der Waals surface area contributed by atoms with Gasteiger partial charge < -0.3 is 20.1 Å². The monoisotopic (exact) mass is 548 g/mol. The number of nitrogens with one attached hydrogen (secondary N) is 2. The number of nitrogens with zero attached hydrogens (tertiary/aromatic N) is 6. The molecule has 0 saturated carbocycles. The first-order valence-electron chi connectivity index (χ1n) is 14.2. The third-order valence-corrected chi connectivity index (χ3v) is 8.25. The Kier molecular flexibility index (Phi) is 8.04. The topological polar surface area (TPSA) is 119 Å². The number of rotatable bonds is 6. The highest BCUT2D eigenvalue weighted by atomic mass is 16.2. The Morgan fingerprint density at radius 1 is 1.07 bits per heavy atom. The summed E-state index contributed by atoms with van der Waals surface area (Å²) in [6.07, 6.45) is 3.48. The molecule has 0 bridgehead atoms. The number of piperazine rings is 1. The van der Waals surface area contributed by atoms with Gasteiger partial charge in [0.25, 0.3) is 17.4 Å². The number of pyridine rings is 2. The van der Waals surface area contributed by atoms with Crippen molar-refractivity contribution in [1.29, 1.82) is 0 Å². The van der Waals surface area contributed by atoms with Crippen molar-refractivity contribution in [3.8, 4) is 0 Å². The van der Waals surface area contributed by atoms with Crippen LogP contribution in [0.15, 0.2) is 23.1 Å². The Hall–Kier alpha value is -3.57. The van der Waals surface area contributed by atoms with Crippen molar-refractivity contribution in [2.24, 2.45) is 0 Å². The molecule has 11 nitrogen and oxygen atoms in total. The fourth-order valence-corrected chi connectivity index (χ4v) is 5.84. The number of hydrogen-bond donors (Lipinski definition) is 2. The molecule has 214 valence electrons. The average molecular weight is 549 g/mol. The maximum Gasteiger partial charge on any atom is 0.272 e. The second-order valence-electron chi connectivity index (χ2n) is 11.5. The third kappa shape index (κ3) is 5.66. The molecular weight excluding hydrogens is 508 g/mol. The van der Waals surface area contributed by atoms with Crippen molar-refractivity contribution in [1.82, 2.24) is 39.8 Å². The smallest absolute Gasteiger partial charge is 0.272 e. The molecule has 40 heavy (non-hydrogen) atoms. The Morgan fingerprint density at radius 2 is 1.77 bits per heavy atom. The van der Waals surface area contributed by atoms with Gasteiger partial charge in [-0.2, -0.15) is 5.10 Å². The van der Waals surface area contributed by atoms with Crippen LogP contribution in [0.2, 0.25) is 0 Å². The molecule has 2 saturated heterocycles. The van der Waals surface area contributed by atoms with Crippen molar-refractivity contribution in [2.45, 2.75) is 59.2 Å². The van der Waals surface area contributed by atoms with Crippen molar-refractivity contribution in [2.75, 3.05) is 46.3 Å². The molecule has 2 N–H and O–H groups in total. The lowest BCUT2D eigenvalue weighted by Crippen LogP contribution is -2.53. The molecule has 2 fully saturated rings. The first-order chi connectivity index (χ1) is 19.1. The van der Waals surface area contributed by atoms with Crippen LogP contribution in [0.3, 0.4) is 0 Å². The highest BCUT2D eigenvalue weighted by Gasteiger charge is 2.30. The summed E-state index contributed by atoms with van der Waals surface area (Å²) in [5.74, 6) is -0.548. The lowest BCUT2D eigenvalue weighted by molar-refractivity contribution is 0.0515. The Labute approximate surface area is 234 Å². The van der Waals surface area contributed by atoms with Crippen LogP contribution < -0.4 is 10.9 Å². The quantitative estimate of drug-likeness (QED) is 0.484. The van der Waals surface area contributed by atoms with Crippen LogP contribution in [-0.2, 0) is 6.54 Å². The predicted molar refractivity (Wildman–Crippen MR) is 154 cm³/mol. The number of carbonyl (C=O) groups is 2. The summed E-state index contributed by atoms with van der Waals surface area (Å²) in [6, 6.07) is 3.94. The number of likely N-dealkylation sites (N-methyl/N-ethyl adjacent to an activating group) is 1. The summed E-state index contributed by atoms with van der Waals surface area (Å²) in [6.45, 7) is 13.3. The average Bonchev–Trinajstić information content (AvgIpc) is 3.36. The minimum atomic E-state index is -0.377. The van der Waals surface area contributed by atoms with Gasteiger partial charge in [0.05, 0.1) is 17.1 Å². The van der Waals surface area contributed by atoms with E-state index in [0.29, 0.717) is 41.3 Å². The van der Waals surface area contributed by atoms with Crippen LogP contribution in [0.1, 0.15) is 70.4 Å². The van der Waals surface area contributed by atoms with Crippen LogP contribution in [0.5, 0.6) is 0 Å². The van der Waals surface area contributed by atoms with Gasteiger partial charge >= 0.3 is 0 Å². The lowest BCUT2D eigenvalue weighted by Gasteiger charge is -2.42. The Morgan fingerprint density at radius 3 is 2.42 bits per heavy atom.